The van der Waals surface area contributed by atoms with Crippen LogP contribution in [-0.2, 0) is 4.74 Å². The Hall–Kier alpha value is -1.63. The van der Waals surface area contributed by atoms with E-state index in [2.05, 4.69) is 12.1 Å². The number of hydrogen-bond acceptors (Lipinski definition) is 6. The van der Waals surface area contributed by atoms with E-state index in [9.17, 15) is 9.90 Å². The van der Waals surface area contributed by atoms with E-state index in [1.807, 2.05) is 12.1 Å². The van der Waals surface area contributed by atoms with Crippen molar-refractivity contribution in [1.82, 2.24) is 0 Å². The Morgan fingerprint density at radius 3 is 2.67 bits per heavy atom. The molecule has 3 aromatic heterocycles. The minimum atomic E-state index is -0.447. The lowest BCUT2D eigenvalue weighted by atomic mass is 10.2. The monoisotopic (exact) mass is 334 g/mol. The van der Waals surface area contributed by atoms with Crippen LogP contribution in [0.25, 0.3) is 28.9 Å². The predicted octanol–water partition coefficient (Wildman–Crippen LogP) is 5.21. The van der Waals surface area contributed by atoms with Crippen molar-refractivity contribution >= 4 is 68.9 Å². The fraction of sp³-hybridized carbons (Fsp3) is 0.133. The minimum absolute atomic E-state index is 0.0610. The van der Waals surface area contributed by atoms with Gasteiger partial charge in [0.15, 0.2) is 10.6 Å². The molecule has 6 heteroatoms. The lowest BCUT2D eigenvalue weighted by Gasteiger charge is -1.98. The van der Waals surface area contributed by atoms with Gasteiger partial charge in [-0.2, -0.15) is 0 Å². The molecule has 0 unspecified atom stereocenters. The SMILES string of the molecule is CCOC(=O)c1sc2c(sc3c4ccccc4sc23)c1O. The largest absolute Gasteiger partial charge is 0.505 e. The molecule has 0 aliphatic carbocycles. The summed E-state index contributed by atoms with van der Waals surface area (Å²) in [7, 11) is 0. The van der Waals surface area contributed by atoms with Crippen molar-refractivity contribution in [3.63, 3.8) is 0 Å². The molecule has 0 saturated carbocycles. The molecule has 0 fully saturated rings. The van der Waals surface area contributed by atoms with Gasteiger partial charge in [-0.15, -0.1) is 34.0 Å². The molecule has 21 heavy (non-hydrogen) atoms. The number of thiophene rings is 3. The van der Waals surface area contributed by atoms with Gasteiger partial charge in [0.1, 0.15) is 0 Å². The summed E-state index contributed by atoms with van der Waals surface area (Å²) in [5.41, 5.74) is 0. The zero-order valence-corrected chi connectivity index (χ0v) is 13.5. The first-order valence-electron chi connectivity index (χ1n) is 6.43. The van der Waals surface area contributed by atoms with Crippen molar-refractivity contribution in [2.75, 3.05) is 6.61 Å². The number of benzene rings is 1. The van der Waals surface area contributed by atoms with E-state index in [4.69, 9.17) is 4.74 Å². The Balaban J connectivity index is 2.03. The fourth-order valence-electron chi connectivity index (χ4n) is 2.36. The Kier molecular flexibility index (Phi) is 2.92. The zero-order chi connectivity index (χ0) is 14.6. The Morgan fingerprint density at radius 2 is 1.86 bits per heavy atom. The van der Waals surface area contributed by atoms with E-state index < -0.39 is 5.97 Å². The third-order valence-electron chi connectivity index (χ3n) is 3.26. The highest BCUT2D eigenvalue weighted by Gasteiger charge is 2.24. The van der Waals surface area contributed by atoms with Crippen molar-refractivity contribution in [3.8, 4) is 5.75 Å². The third kappa shape index (κ3) is 1.79. The van der Waals surface area contributed by atoms with Crippen LogP contribution in [0.5, 0.6) is 5.75 Å². The summed E-state index contributed by atoms with van der Waals surface area (Å²) < 4.78 is 10.3. The van der Waals surface area contributed by atoms with Crippen LogP contribution in [-0.4, -0.2) is 17.7 Å². The normalized spacial score (nSPS) is 11.7. The predicted molar refractivity (Wildman–Crippen MR) is 90.2 cm³/mol. The van der Waals surface area contributed by atoms with Crippen LogP contribution in [0.2, 0.25) is 0 Å². The fourth-order valence-corrected chi connectivity index (χ4v) is 6.42. The quantitative estimate of drug-likeness (QED) is 0.512. The van der Waals surface area contributed by atoms with E-state index in [1.165, 1.54) is 26.1 Å². The maximum absolute atomic E-state index is 11.9. The second-order valence-electron chi connectivity index (χ2n) is 4.52. The van der Waals surface area contributed by atoms with Crippen molar-refractivity contribution in [2.24, 2.45) is 0 Å². The average Bonchev–Trinajstić information content (AvgIpc) is 3.09. The number of carbonyl (C=O) groups excluding carboxylic acids is 1. The van der Waals surface area contributed by atoms with Crippen molar-refractivity contribution in [3.05, 3.63) is 29.1 Å². The molecule has 4 rings (SSSR count). The molecule has 0 saturated heterocycles. The highest BCUT2D eigenvalue weighted by molar-refractivity contribution is 7.41. The van der Waals surface area contributed by atoms with Gasteiger partial charge in [-0.25, -0.2) is 4.79 Å². The van der Waals surface area contributed by atoms with Crippen LogP contribution in [0.4, 0.5) is 0 Å². The highest BCUT2D eigenvalue weighted by Crippen LogP contribution is 2.51. The van der Waals surface area contributed by atoms with E-state index in [-0.39, 0.29) is 5.75 Å². The molecule has 3 nitrogen and oxygen atoms in total. The lowest BCUT2D eigenvalue weighted by Crippen LogP contribution is -2.01. The van der Waals surface area contributed by atoms with Crippen LogP contribution in [0.3, 0.4) is 0 Å². The van der Waals surface area contributed by atoms with Crippen LogP contribution < -0.4 is 0 Å². The van der Waals surface area contributed by atoms with Gasteiger partial charge in [0.05, 0.1) is 25.4 Å². The van der Waals surface area contributed by atoms with Gasteiger partial charge in [-0.1, -0.05) is 18.2 Å². The molecule has 106 valence electrons. The smallest absolute Gasteiger partial charge is 0.352 e. The van der Waals surface area contributed by atoms with Gasteiger partial charge in [-0.05, 0) is 13.0 Å². The molecule has 0 aliphatic heterocycles. The van der Waals surface area contributed by atoms with Crippen molar-refractivity contribution in [1.29, 1.82) is 0 Å². The minimum Gasteiger partial charge on any atom is -0.505 e. The average molecular weight is 334 g/mol. The van der Waals surface area contributed by atoms with Gasteiger partial charge in [0.2, 0.25) is 0 Å². The summed E-state index contributed by atoms with van der Waals surface area (Å²) in [4.78, 5) is 12.2. The van der Waals surface area contributed by atoms with Gasteiger partial charge in [0.25, 0.3) is 0 Å². The standard InChI is InChI=1S/C15H10O3S3/c1-2-18-15(17)12-9(16)11-14(21-12)13-10(20-11)7-5-3-4-6-8(7)19-13/h3-6,16H,2H2,1H3. The van der Waals surface area contributed by atoms with Crippen LogP contribution in [0.1, 0.15) is 16.6 Å². The molecule has 3 heterocycles. The summed E-state index contributed by atoms with van der Waals surface area (Å²) in [6, 6.07) is 8.23. The maximum atomic E-state index is 11.9. The maximum Gasteiger partial charge on any atom is 0.352 e. The molecule has 0 atom stereocenters. The second-order valence-corrected chi connectivity index (χ2v) is 7.61. The highest BCUT2D eigenvalue weighted by atomic mass is 32.1. The molecular formula is C15H10O3S3. The first-order chi connectivity index (χ1) is 10.2. The number of ether oxygens (including phenoxy) is 1. The summed E-state index contributed by atoms with van der Waals surface area (Å²) in [5, 5.41) is 11.5. The molecule has 0 bridgehead atoms. The van der Waals surface area contributed by atoms with E-state index in [1.54, 1.807) is 29.6 Å². The molecule has 0 radical (unpaired) electrons. The van der Waals surface area contributed by atoms with Crippen LogP contribution >= 0.6 is 34.0 Å². The molecule has 1 N–H and O–H groups in total. The van der Waals surface area contributed by atoms with Crippen molar-refractivity contribution < 1.29 is 14.6 Å². The van der Waals surface area contributed by atoms with Crippen LogP contribution in [0, 0.1) is 0 Å². The van der Waals surface area contributed by atoms with Gasteiger partial charge in [-0.3, -0.25) is 0 Å². The second kappa shape index (κ2) is 4.69. The van der Waals surface area contributed by atoms with Gasteiger partial charge in [0, 0.05) is 10.1 Å². The first kappa shape index (κ1) is 13.1. The number of aromatic hydroxyl groups is 1. The lowest BCUT2D eigenvalue weighted by molar-refractivity contribution is 0.0529. The topological polar surface area (TPSA) is 46.5 Å². The number of hydrogen-bond donors (Lipinski definition) is 1. The Bertz CT molecular complexity index is 990. The Morgan fingerprint density at radius 1 is 1.10 bits per heavy atom. The van der Waals surface area contributed by atoms with Crippen molar-refractivity contribution in [2.45, 2.75) is 6.92 Å². The van der Waals surface area contributed by atoms with E-state index in [0.717, 1.165) is 14.1 Å². The summed E-state index contributed by atoms with van der Waals surface area (Å²) in [6.07, 6.45) is 0. The Labute approximate surface area is 132 Å². The summed E-state index contributed by atoms with van der Waals surface area (Å²) in [6.45, 7) is 2.07. The first-order valence-corrected chi connectivity index (χ1v) is 8.88. The van der Waals surface area contributed by atoms with E-state index in [0.29, 0.717) is 11.5 Å². The summed E-state index contributed by atoms with van der Waals surface area (Å²) in [5.74, 6) is -0.386. The van der Waals surface area contributed by atoms with E-state index >= 15 is 0 Å². The van der Waals surface area contributed by atoms with Gasteiger partial charge < -0.3 is 9.84 Å². The number of rotatable bonds is 2. The molecule has 0 aliphatic rings. The third-order valence-corrected chi connectivity index (χ3v) is 7.24. The molecular weight excluding hydrogens is 324 g/mol. The van der Waals surface area contributed by atoms with Crippen LogP contribution in [0.15, 0.2) is 24.3 Å². The molecule has 4 aromatic rings. The number of fused-ring (bicyclic) bond motifs is 5. The molecule has 0 amide bonds. The molecule has 1 aromatic carbocycles. The summed E-state index contributed by atoms with van der Waals surface area (Å²) >= 11 is 4.57. The number of esters is 1. The molecule has 0 spiro atoms. The zero-order valence-electron chi connectivity index (χ0n) is 11.0. The van der Waals surface area contributed by atoms with Gasteiger partial charge >= 0.3 is 5.97 Å². The number of carbonyl (C=O) groups is 1.